The molecular weight excluding hydrogens is 396 g/mol. The van der Waals surface area contributed by atoms with Crippen LogP contribution >= 0.6 is 11.3 Å². The number of likely N-dealkylation sites (tertiary alicyclic amines) is 1. The number of piperidine rings is 1. The molecule has 2 aromatic rings. The van der Waals surface area contributed by atoms with Crippen molar-refractivity contribution < 1.29 is 27.2 Å². The second kappa shape index (κ2) is 8.30. The molecule has 1 aromatic heterocycles. The van der Waals surface area contributed by atoms with Crippen LogP contribution in [0, 0.1) is 5.82 Å². The van der Waals surface area contributed by atoms with Crippen LogP contribution in [0.15, 0.2) is 35.7 Å². The number of thiophene rings is 1. The first-order chi connectivity index (χ1) is 13.3. The van der Waals surface area contributed by atoms with Crippen LogP contribution in [-0.2, 0) is 17.5 Å². The number of carbonyl (C=O) groups is 2. The second-order valence-corrected chi connectivity index (χ2v) is 7.45. The lowest BCUT2D eigenvalue weighted by Crippen LogP contribution is -2.51. The van der Waals surface area contributed by atoms with Gasteiger partial charge in [-0.05, 0) is 48.4 Å². The van der Waals surface area contributed by atoms with Crippen LogP contribution in [0.2, 0.25) is 0 Å². The van der Waals surface area contributed by atoms with E-state index in [1.54, 1.807) is 17.5 Å². The molecule has 1 aromatic carbocycles. The van der Waals surface area contributed by atoms with Crippen molar-refractivity contribution >= 4 is 23.2 Å². The number of halogens is 4. The lowest BCUT2D eigenvalue weighted by Gasteiger charge is -2.34. The Morgan fingerprint density at radius 2 is 2.00 bits per heavy atom. The van der Waals surface area contributed by atoms with Crippen molar-refractivity contribution in [3.8, 4) is 0 Å². The number of nitrogens with zero attached hydrogens (tertiary/aromatic N) is 1. The Morgan fingerprint density at radius 3 is 2.68 bits per heavy atom. The molecule has 4 nitrogen and oxygen atoms in total. The minimum Gasteiger partial charge on any atom is -0.350 e. The van der Waals surface area contributed by atoms with Crippen molar-refractivity contribution in [3.05, 3.63) is 57.5 Å². The molecule has 2 heterocycles. The average Bonchev–Trinajstić information content (AvgIpc) is 3.20. The van der Waals surface area contributed by atoms with Gasteiger partial charge in [0.15, 0.2) is 0 Å². The van der Waals surface area contributed by atoms with Crippen LogP contribution in [0.4, 0.5) is 17.6 Å². The number of amides is 2. The average molecular weight is 414 g/mol. The monoisotopic (exact) mass is 414 g/mol. The molecule has 3 rings (SSSR count). The Labute approximate surface area is 163 Å². The molecule has 0 radical (unpaired) electrons. The maximum Gasteiger partial charge on any atom is 0.416 e. The molecule has 2 amide bonds. The third-order valence-corrected chi connectivity index (χ3v) is 5.49. The Hall–Kier alpha value is -2.42. The van der Waals surface area contributed by atoms with E-state index in [0.29, 0.717) is 23.9 Å². The molecule has 0 saturated carbocycles. The number of nitrogens with one attached hydrogen (secondary N) is 1. The third-order valence-electron chi connectivity index (χ3n) is 4.63. The van der Waals surface area contributed by atoms with Crippen LogP contribution < -0.4 is 5.32 Å². The van der Waals surface area contributed by atoms with Gasteiger partial charge in [0.25, 0.3) is 5.91 Å². The Morgan fingerprint density at radius 1 is 1.21 bits per heavy atom. The van der Waals surface area contributed by atoms with Crippen LogP contribution in [-0.4, -0.2) is 29.3 Å². The molecular formula is C19H18F4N2O2S. The second-order valence-electron chi connectivity index (χ2n) is 6.50. The van der Waals surface area contributed by atoms with Crippen molar-refractivity contribution in [2.45, 2.75) is 38.0 Å². The topological polar surface area (TPSA) is 49.4 Å². The molecule has 1 unspecified atom stereocenters. The number of hydrogen-bond donors (Lipinski definition) is 1. The number of carbonyl (C=O) groups excluding carboxylic acids is 2. The summed E-state index contributed by atoms with van der Waals surface area (Å²) in [6.07, 6.45) is -2.78. The SMILES string of the molecule is O=C(NCc1ccc(F)cc1C(F)(F)F)C1CCCCN1C(=O)c1cccs1. The lowest BCUT2D eigenvalue weighted by atomic mass is 10.0. The van der Waals surface area contributed by atoms with Gasteiger partial charge in [-0.1, -0.05) is 12.1 Å². The zero-order chi connectivity index (χ0) is 20.3. The Bertz CT molecular complexity index is 852. The fraction of sp³-hybridized carbons (Fsp3) is 0.368. The van der Waals surface area contributed by atoms with Gasteiger partial charge in [0, 0.05) is 13.1 Å². The van der Waals surface area contributed by atoms with Crippen LogP contribution in [0.3, 0.4) is 0 Å². The summed E-state index contributed by atoms with van der Waals surface area (Å²) in [5, 5.41) is 4.24. The zero-order valence-electron chi connectivity index (χ0n) is 14.8. The summed E-state index contributed by atoms with van der Waals surface area (Å²) in [6.45, 7) is 0.0185. The first kappa shape index (κ1) is 20.3. The maximum atomic E-state index is 13.2. The van der Waals surface area contributed by atoms with E-state index in [-0.39, 0.29) is 11.5 Å². The smallest absolute Gasteiger partial charge is 0.350 e. The summed E-state index contributed by atoms with van der Waals surface area (Å²) >= 11 is 1.27. The highest BCUT2D eigenvalue weighted by molar-refractivity contribution is 7.12. The normalized spacial score (nSPS) is 17.4. The molecule has 1 atom stereocenters. The molecule has 1 aliphatic rings. The largest absolute Gasteiger partial charge is 0.416 e. The van der Waals surface area contributed by atoms with Gasteiger partial charge in [0.05, 0.1) is 10.4 Å². The molecule has 28 heavy (non-hydrogen) atoms. The van der Waals surface area contributed by atoms with E-state index in [4.69, 9.17) is 0 Å². The van der Waals surface area contributed by atoms with Crippen molar-refractivity contribution in [1.82, 2.24) is 10.2 Å². The summed E-state index contributed by atoms with van der Waals surface area (Å²) in [5.74, 6) is -1.77. The van der Waals surface area contributed by atoms with Crippen molar-refractivity contribution in [1.29, 1.82) is 0 Å². The fourth-order valence-corrected chi connectivity index (χ4v) is 3.93. The zero-order valence-corrected chi connectivity index (χ0v) is 15.6. The summed E-state index contributed by atoms with van der Waals surface area (Å²) in [7, 11) is 0. The molecule has 1 fully saturated rings. The van der Waals surface area contributed by atoms with E-state index in [0.717, 1.165) is 25.0 Å². The quantitative estimate of drug-likeness (QED) is 0.762. The van der Waals surface area contributed by atoms with Gasteiger partial charge in [-0.3, -0.25) is 9.59 Å². The molecule has 0 aliphatic carbocycles. The highest BCUT2D eigenvalue weighted by Crippen LogP contribution is 2.32. The summed E-state index contributed by atoms with van der Waals surface area (Å²) in [5.41, 5.74) is -1.35. The van der Waals surface area contributed by atoms with Gasteiger partial charge >= 0.3 is 6.18 Å². The number of alkyl halides is 3. The Kier molecular flexibility index (Phi) is 6.02. The van der Waals surface area contributed by atoms with Crippen LogP contribution in [0.25, 0.3) is 0 Å². The van der Waals surface area contributed by atoms with Gasteiger partial charge < -0.3 is 10.2 Å². The van der Waals surface area contributed by atoms with Crippen molar-refractivity contribution in [3.63, 3.8) is 0 Å². The van der Waals surface area contributed by atoms with E-state index < -0.39 is 36.1 Å². The van der Waals surface area contributed by atoms with Crippen LogP contribution in [0.1, 0.15) is 40.1 Å². The molecule has 0 spiro atoms. The van der Waals surface area contributed by atoms with E-state index >= 15 is 0 Å². The van der Waals surface area contributed by atoms with E-state index in [1.165, 1.54) is 16.2 Å². The summed E-state index contributed by atoms with van der Waals surface area (Å²) in [4.78, 5) is 27.2. The first-order valence-corrected chi connectivity index (χ1v) is 9.63. The molecule has 0 bridgehead atoms. The van der Waals surface area contributed by atoms with Gasteiger partial charge in [-0.15, -0.1) is 11.3 Å². The molecule has 1 aliphatic heterocycles. The number of hydrogen-bond acceptors (Lipinski definition) is 3. The van der Waals surface area contributed by atoms with Gasteiger partial charge in [0.2, 0.25) is 5.91 Å². The maximum absolute atomic E-state index is 13.2. The minimum absolute atomic E-state index is 0.228. The highest BCUT2D eigenvalue weighted by Gasteiger charge is 2.35. The van der Waals surface area contributed by atoms with Gasteiger partial charge in [0.1, 0.15) is 11.9 Å². The molecule has 150 valence electrons. The van der Waals surface area contributed by atoms with E-state index in [1.807, 2.05) is 0 Å². The van der Waals surface area contributed by atoms with E-state index in [9.17, 15) is 27.2 Å². The molecule has 9 heteroatoms. The van der Waals surface area contributed by atoms with Gasteiger partial charge in [-0.25, -0.2) is 4.39 Å². The summed E-state index contributed by atoms with van der Waals surface area (Å²) < 4.78 is 52.5. The first-order valence-electron chi connectivity index (χ1n) is 8.75. The minimum atomic E-state index is -4.73. The van der Waals surface area contributed by atoms with Crippen molar-refractivity contribution in [2.24, 2.45) is 0 Å². The standard InChI is InChI=1S/C19H18F4N2O2S/c20-13-7-6-12(14(10-13)19(21,22)23)11-24-17(26)15-4-1-2-8-25(15)18(27)16-5-3-9-28-16/h3,5-7,9-10,15H,1-2,4,8,11H2,(H,24,26). The van der Waals surface area contributed by atoms with E-state index in [2.05, 4.69) is 5.32 Å². The molecule has 1 saturated heterocycles. The number of rotatable bonds is 4. The Balaban J connectivity index is 1.73. The fourth-order valence-electron chi connectivity index (χ4n) is 3.26. The highest BCUT2D eigenvalue weighted by atomic mass is 32.1. The predicted octanol–water partition coefficient (Wildman–Crippen LogP) is 4.22. The summed E-state index contributed by atoms with van der Waals surface area (Å²) in [6, 6.07) is 5.01. The lowest BCUT2D eigenvalue weighted by molar-refractivity contribution is -0.138. The molecule has 1 N–H and O–H groups in total. The van der Waals surface area contributed by atoms with Crippen molar-refractivity contribution in [2.75, 3.05) is 6.54 Å². The number of benzene rings is 1. The predicted molar refractivity (Wildman–Crippen MR) is 96.2 cm³/mol. The van der Waals surface area contributed by atoms with Crippen LogP contribution in [0.5, 0.6) is 0 Å². The third kappa shape index (κ3) is 4.52. The van der Waals surface area contributed by atoms with Gasteiger partial charge in [-0.2, -0.15) is 13.2 Å².